The molecule has 7 nitrogen and oxygen atoms in total. The summed E-state index contributed by atoms with van der Waals surface area (Å²) in [5, 5.41) is 4.57. The molecule has 0 bridgehead atoms. The zero-order chi connectivity index (χ0) is 23.7. The van der Waals surface area contributed by atoms with Gasteiger partial charge in [-0.25, -0.2) is 9.55 Å². The lowest BCUT2D eigenvalue weighted by atomic mass is 10.2. The minimum Gasteiger partial charge on any atom is -0.495 e. The van der Waals surface area contributed by atoms with Gasteiger partial charge in [-0.2, -0.15) is 0 Å². The Bertz CT molecular complexity index is 1590. The number of anilines is 1. The van der Waals surface area contributed by atoms with Crippen LogP contribution in [0.5, 0.6) is 5.75 Å². The predicted octanol–water partition coefficient (Wildman–Crippen LogP) is 5.26. The van der Waals surface area contributed by atoms with Crippen LogP contribution in [0.25, 0.3) is 27.6 Å². The van der Waals surface area contributed by atoms with Crippen LogP contribution in [0.2, 0.25) is 5.02 Å². The number of H-pyrrole nitrogens is 1. The van der Waals surface area contributed by atoms with Crippen molar-refractivity contribution in [2.75, 3.05) is 18.2 Å². The first kappa shape index (κ1) is 22.1. The number of benzene rings is 3. The van der Waals surface area contributed by atoms with Crippen LogP contribution in [-0.2, 0) is 4.79 Å². The summed E-state index contributed by atoms with van der Waals surface area (Å²) in [6, 6.07) is 21.7. The fraction of sp³-hybridized carbons (Fsp3) is 0.0800. The number of nitrogens with zero attached hydrogens (tertiary/aromatic N) is 2. The van der Waals surface area contributed by atoms with E-state index in [-0.39, 0.29) is 17.2 Å². The molecule has 2 heterocycles. The van der Waals surface area contributed by atoms with Gasteiger partial charge >= 0.3 is 0 Å². The number of aromatic nitrogens is 3. The van der Waals surface area contributed by atoms with E-state index in [0.29, 0.717) is 38.3 Å². The van der Waals surface area contributed by atoms with Crippen LogP contribution in [-0.4, -0.2) is 33.3 Å². The minimum atomic E-state index is -0.275. The third-order valence-electron chi connectivity index (χ3n) is 5.26. The highest BCUT2D eigenvalue weighted by molar-refractivity contribution is 7.99. The molecule has 0 aliphatic heterocycles. The first-order chi connectivity index (χ1) is 16.5. The second-order valence-corrected chi connectivity index (χ2v) is 8.83. The number of carbonyl (C=O) groups is 1. The van der Waals surface area contributed by atoms with Gasteiger partial charge in [-0.1, -0.05) is 59.8 Å². The first-order valence-electron chi connectivity index (χ1n) is 10.4. The zero-order valence-electron chi connectivity index (χ0n) is 18.0. The average molecular weight is 491 g/mol. The van der Waals surface area contributed by atoms with Crippen LogP contribution in [0.15, 0.2) is 82.7 Å². The monoisotopic (exact) mass is 490 g/mol. The Morgan fingerprint density at radius 1 is 1.12 bits per heavy atom. The lowest BCUT2D eigenvalue weighted by molar-refractivity contribution is -0.113. The number of rotatable bonds is 6. The Morgan fingerprint density at radius 3 is 2.74 bits per heavy atom. The van der Waals surface area contributed by atoms with Gasteiger partial charge in [0.2, 0.25) is 5.91 Å². The summed E-state index contributed by atoms with van der Waals surface area (Å²) >= 11 is 7.18. The third-order valence-corrected chi connectivity index (χ3v) is 6.43. The van der Waals surface area contributed by atoms with Crippen molar-refractivity contribution >= 4 is 56.9 Å². The lowest BCUT2D eigenvalue weighted by Crippen LogP contribution is -2.23. The van der Waals surface area contributed by atoms with E-state index in [4.69, 9.17) is 21.3 Å². The van der Waals surface area contributed by atoms with E-state index in [0.717, 1.165) is 10.9 Å². The van der Waals surface area contributed by atoms with Crippen molar-refractivity contribution in [2.24, 2.45) is 0 Å². The molecule has 0 aliphatic carbocycles. The Balaban J connectivity index is 1.59. The van der Waals surface area contributed by atoms with Crippen LogP contribution in [0, 0.1) is 0 Å². The van der Waals surface area contributed by atoms with Gasteiger partial charge in [0.25, 0.3) is 5.56 Å². The van der Waals surface area contributed by atoms with E-state index in [1.165, 1.54) is 16.3 Å². The standard InChI is InChI=1S/C25H19ClN4O3S/c1-33-20-12-5-4-11-19(20)30-24(32)23-22(17-9-2-3-10-18(17)28-23)29-25(30)34-14-21(31)27-16-8-6-7-15(26)13-16/h2-13,28H,14H2,1H3,(H,27,31). The molecule has 0 aliphatic rings. The molecule has 0 spiro atoms. The molecule has 170 valence electrons. The topological polar surface area (TPSA) is 89.0 Å². The maximum atomic E-state index is 13.7. The zero-order valence-corrected chi connectivity index (χ0v) is 19.6. The van der Waals surface area contributed by atoms with Crippen LogP contribution < -0.4 is 15.6 Å². The van der Waals surface area contributed by atoms with Gasteiger partial charge in [0.15, 0.2) is 5.16 Å². The predicted molar refractivity (Wildman–Crippen MR) is 137 cm³/mol. The number of amides is 1. The first-order valence-corrected chi connectivity index (χ1v) is 11.8. The number of para-hydroxylation sites is 3. The molecule has 5 rings (SSSR count). The molecule has 0 saturated heterocycles. The van der Waals surface area contributed by atoms with Gasteiger partial charge in [0, 0.05) is 21.6 Å². The summed E-state index contributed by atoms with van der Waals surface area (Å²) < 4.78 is 6.98. The second kappa shape index (κ2) is 9.24. The Kier molecular flexibility index (Phi) is 6.00. The molecular formula is C25H19ClN4O3S. The van der Waals surface area contributed by atoms with Gasteiger partial charge in [0.1, 0.15) is 16.8 Å². The van der Waals surface area contributed by atoms with Crippen molar-refractivity contribution in [3.05, 3.63) is 88.2 Å². The minimum absolute atomic E-state index is 0.0436. The molecule has 9 heteroatoms. The summed E-state index contributed by atoms with van der Waals surface area (Å²) in [4.78, 5) is 34.3. The van der Waals surface area contributed by atoms with E-state index in [2.05, 4.69) is 10.3 Å². The highest BCUT2D eigenvalue weighted by Crippen LogP contribution is 2.29. The molecule has 0 fully saturated rings. The number of methoxy groups -OCH3 is 1. The second-order valence-electron chi connectivity index (χ2n) is 7.45. The van der Waals surface area contributed by atoms with Gasteiger partial charge in [-0.15, -0.1) is 0 Å². The van der Waals surface area contributed by atoms with Gasteiger partial charge in [-0.05, 0) is 36.4 Å². The van der Waals surface area contributed by atoms with Crippen molar-refractivity contribution in [2.45, 2.75) is 5.16 Å². The number of fused-ring (bicyclic) bond motifs is 3. The summed E-state index contributed by atoms with van der Waals surface area (Å²) in [6.07, 6.45) is 0. The van der Waals surface area contributed by atoms with Crippen LogP contribution >= 0.6 is 23.4 Å². The normalized spacial score (nSPS) is 11.1. The SMILES string of the molecule is COc1ccccc1-n1c(SCC(=O)Nc2cccc(Cl)c2)nc2c([nH]c3ccccc32)c1=O. The fourth-order valence-electron chi connectivity index (χ4n) is 3.76. The third kappa shape index (κ3) is 4.13. The number of ether oxygens (including phenoxy) is 1. The Morgan fingerprint density at radius 2 is 1.91 bits per heavy atom. The molecule has 0 saturated carbocycles. The van der Waals surface area contributed by atoms with Crippen LogP contribution in [0.4, 0.5) is 5.69 Å². The highest BCUT2D eigenvalue weighted by Gasteiger charge is 2.20. The van der Waals surface area contributed by atoms with Crippen LogP contribution in [0.1, 0.15) is 0 Å². The average Bonchev–Trinajstić information content (AvgIpc) is 3.22. The smallest absolute Gasteiger partial charge is 0.283 e. The largest absolute Gasteiger partial charge is 0.495 e. The Hall–Kier alpha value is -3.75. The van der Waals surface area contributed by atoms with Gasteiger partial charge < -0.3 is 15.0 Å². The molecule has 1 amide bonds. The van der Waals surface area contributed by atoms with E-state index in [1.54, 1.807) is 43.5 Å². The number of thioether (sulfide) groups is 1. The number of hydrogen-bond acceptors (Lipinski definition) is 5. The van der Waals surface area contributed by atoms with E-state index >= 15 is 0 Å². The molecule has 2 aromatic heterocycles. The van der Waals surface area contributed by atoms with E-state index < -0.39 is 0 Å². The molecule has 0 radical (unpaired) electrons. The van der Waals surface area contributed by atoms with E-state index in [1.807, 2.05) is 36.4 Å². The quantitative estimate of drug-likeness (QED) is 0.250. The summed E-state index contributed by atoms with van der Waals surface area (Å²) in [7, 11) is 1.55. The number of halogens is 1. The van der Waals surface area contributed by atoms with E-state index in [9.17, 15) is 9.59 Å². The van der Waals surface area contributed by atoms with Crippen molar-refractivity contribution in [1.29, 1.82) is 0 Å². The van der Waals surface area contributed by atoms with Crippen molar-refractivity contribution in [3.8, 4) is 11.4 Å². The summed E-state index contributed by atoms with van der Waals surface area (Å²) in [6.45, 7) is 0. The number of nitrogens with one attached hydrogen (secondary N) is 2. The van der Waals surface area contributed by atoms with Crippen molar-refractivity contribution in [1.82, 2.24) is 14.5 Å². The molecular weight excluding hydrogens is 472 g/mol. The maximum absolute atomic E-state index is 13.7. The molecule has 34 heavy (non-hydrogen) atoms. The summed E-state index contributed by atoms with van der Waals surface area (Å²) in [5.41, 5.74) is 2.63. The number of carbonyl (C=O) groups excluding carboxylic acids is 1. The Labute approximate surface area is 203 Å². The molecule has 5 aromatic rings. The molecule has 0 unspecified atom stereocenters. The fourth-order valence-corrected chi connectivity index (χ4v) is 4.75. The highest BCUT2D eigenvalue weighted by atomic mass is 35.5. The maximum Gasteiger partial charge on any atom is 0.283 e. The summed E-state index contributed by atoms with van der Waals surface area (Å²) in [5.74, 6) is 0.321. The van der Waals surface area contributed by atoms with Crippen LogP contribution in [0.3, 0.4) is 0 Å². The number of aromatic amines is 1. The number of hydrogen-bond donors (Lipinski definition) is 2. The van der Waals surface area contributed by atoms with Gasteiger partial charge in [-0.3, -0.25) is 9.59 Å². The molecule has 2 N–H and O–H groups in total. The van der Waals surface area contributed by atoms with Crippen molar-refractivity contribution < 1.29 is 9.53 Å². The van der Waals surface area contributed by atoms with Gasteiger partial charge in [0.05, 0.1) is 18.6 Å². The molecule has 3 aromatic carbocycles. The lowest BCUT2D eigenvalue weighted by Gasteiger charge is -2.15. The molecule has 0 atom stereocenters. The van der Waals surface area contributed by atoms with Crippen molar-refractivity contribution in [3.63, 3.8) is 0 Å².